The van der Waals surface area contributed by atoms with Crippen LogP contribution in [-0.2, 0) is 0 Å². The van der Waals surface area contributed by atoms with Crippen molar-refractivity contribution in [3.8, 4) is 5.69 Å². The van der Waals surface area contributed by atoms with Gasteiger partial charge in [-0.3, -0.25) is 10.1 Å². The van der Waals surface area contributed by atoms with E-state index in [9.17, 15) is 10.1 Å². The van der Waals surface area contributed by atoms with Crippen LogP contribution in [0.5, 0.6) is 0 Å². The first-order valence-electron chi connectivity index (χ1n) is 4.64. The molecule has 8 heteroatoms. The molecule has 2 rings (SSSR count). The van der Waals surface area contributed by atoms with Crippen molar-refractivity contribution in [2.24, 2.45) is 0 Å². The van der Waals surface area contributed by atoms with Crippen LogP contribution in [0.3, 0.4) is 0 Å². The number of hydrogen-bond donors (Lipinski definition) is 1. The molecule has 0 aliphatic rings. The molecule has 1 heterocycles. The molecule has 0 fully saturated rings. The van der Waals surface area contributed by atoms with E-state index >= 15 is 0 Å². The van der Waals surface area contributed by atoms with Crippen molar-refractivity contribution in [2.45, 2.75) is 5.16 Å². The second-order valence-electron chi connectivity index (χ2n) is 3.11. The van der Waals surface area contributed by atoms with Gasteiger partial charge in [-0.1, -0.05) is 23.9 Å². The Balaban J connectivity index is 2.59. The molecule has 0 saturated heterocycles. The molecule has 88 valence electrons. The summed E-state index contributed by atoms with van der Waals surface area (Å²) in [7, 11) is 0. The van der Waals surface area contributed by atoms with Crippen molar-refractivity contribution in [3.05, 3.63) is 34.4 Å². The molecule has 0 amide bonds. The summed E-state index contributed by atoms with van der Waals surface area (Å²) in [5.41, 5.74) is 5.92. The SMILES string of the molecule is CSc1nc(N)n(-c2ccccc2[N+](=O)[O-])n1. The van der Waals surface area contributed by atoms with Gasteiger partial charge in [0.15, 0.2) is 0 Å². The predicted molar refractivity (Wildman–Crippen MR) is 64.2 cm³/mol. The maximum atomic E-state index is 10.9. The predicted octanol–water partition coefficient (Wildman–Crippen LogP) is 1.48. The monoisotopic (exact) mass is 251 g/mol. The Kier molecular flexibility index (Phi) is 2.96. The minimum Gasteiger partial charge on any atom is -0.368 e. The van der Waals surface area contributed by atoms with Crippen LogP contribution < -0.4 is 5.73 Å². The highest BCUT2D eigenvalue weighted by molar-refractivity contribution is 7.98. The first kappa shape index (κ1) is 11.4. The van der Waals surface area contributed by atoms with Crippen LogP contribution in [0, 0.1) is 10.1 Å². The van der Waals surface area contributed by atoms with Crippen LogP contribution in [0.15, 0.2) is 29.4 Å². The number of aromatic nitrogens is 3. The van der Waals surface area contributed by atoms with E-state index in [-0.39, 0.29) is 11.6 Å². The summed E-state index contributed by atoms with van der Waals surface area (Å²) in [6.45, 7) is 0. The number of nitrogens with two attached hydrogens (primary N) is 1. The van der Waals surface area contributed by atoms with E-state index < -0.39 is 4.92 Å². The number of nitro groups is 1. The third-order valence-corrected chi connectivity index (χ3v) is 2.64. The number of anilines is 1. The Morgan fingerprint density at radius 2 is 2.18 bits per heavy atom. The third kappa shape index (κ3) is 2.07. The van der Waals surface area contributed by atoms with E-state index in [0.29, 0.717) is 10.8 Å². The lowest BCUT2D eigenvalue weighted by molar-refractivity contribution is -0.384. The number of hydrogen-bond acceptors (Lipinski definition) is 6. The molecule has 2 aromatic rings. The van der Waals surface area contributed by atoms with Crippen LogP contribution in [0.4, 0.5) is 11.6 Å². The highest BCUT2D eigenvalue weighted by Crippen LogP contribution is 2.24. The Morgan fingerprint density at radius 3 is 2.76 bits per heavy atom. The molecular formula is C9H9N5O2S. The first-order chi connectivity index (χ1) is 8.13. The number of thioether (sulfide) groups is 1. The zero-order valence-electron chi connectivity index (χ0n) is 8.90. The zero-order valence-corrected chi connectivity index (χ0v) is 9.72. The van der Waals surface area contributed by atoms with Crippen LogP contribution in [0.25, 0.3) is 5.69 Å². The average molecular weight is 251 g/mol. The smallest absolute Gasteiger partial charge is 0.295 e. The van der Waals surface area contributed by atoms with Gasteiger partial charge in [0.1, 0.15) is 5.69 Å². The van der Waals surface area contributed by atoms with Gasteiger partial charge in [-0.05, 0) is 12.3 Å². The van der Waals surface area contributed by atoms with Crippen molar-refractivity contribution < 1.29 is 4.92 Å². The quantitative estimate of drug-likeness (QED) is 0.504. The lowest BCUT2D eigenvalue weighted by atomic mass is 10.3. The Bertz CT molecular complexity index is 568. The fourth-order valence-corrected chi connectivity index (χ4v) is 1.71. The lowest BCUT2D eigenvalue weighted by Gasteiger charge is -2.02. The van der Waals surface area contributed by atoms with E-state index in [1.165, 1.54) is 22.5 Å². The molecule has 0 aliphatic heterocycles. The number of nitrogen functional groups attached to an aromatic ring is 1. The molecule has 7 nitrogen and oxygen atoms in total. The standard InChI is InChI=1S/C9H9N5O2S/c1-17-9-11-8(10)13(12-9)6-4-2-3-5-7(6)14(15)16/h2-5H,1H3,(H2,10,11,12). The van der Waals surface area contributed by atoms with Crippen LogP contribution in [0.2, 0.25) is 0 Å². The third-order valence-electron chi connectivity index (χ3n) is 2.10. The number of nitrogens with zero attached hydrogens (tertiary/aromatic N) is 4. The summed E-state index contributed by atoms with van der Waals surface area (Å²) in [6, 6.07) is 6.24. The van der Waals surface area contributed by atoms with E-state index in [2.05, 4.69) is 10.1 Å². The van der Waals surface area contributed by atoms with E-state index in [4.69, 9.17) is 5.73 Å². The molecule has 1 aromatic carbocycles. The number of rotatable bonds is 3. The Hall–Kier alpha value is -2.09. The summed E-state index contributed by atoms with van der Waals surface area (Å²) in [5, 5.41) is 15.4. The van der Waals surface area contributed by atoms with Gasteiger partial charge in [0.05, 0.1) is 4.92 Å². The Morgan fingerprint density at radius 1 is 1.47 bits per heavy atom. The second kappa shape index (κ2) is 4.42. The largest absolute Gasteiger partial charge is 0.368 e. The first-order valence-corrected chi connectivity index (χ1v) is 5.86. The normalized spacial score (nSPS) is 10.4. The fourth-order valence-electron chi connectivity index (χ4n) is 1.37. The van der Waals surface area contributed by atoms with Crippen LogP contribution >= 0.6 is 11.8 Å². The van der Waals surface area contributed by atoms with Gasteiger partial charge < -0.3 is 5.73 Å². The van der Waals surface area contributed by atoms with Crippen LogP contribution in [-0.4, -0.2) is 25.9 Å². The van der Waals surface area contributed by atoms with Crippen molar-refractivity contribution in [3.63, 3.8) is 0 Å². The van der Waals surface area contributed by atoms with E-state index in [1.54, 1.807) is 24.5 Å². The molecule has 1 aromatic heterocycles. The summed E-state index contributed by atoms with van der Waals surface area (Å²) in [4.78, 5) is 14.4. The van der Waals surface area contributed by atoms with Gasteiger partial charge in [0.2, 0.25) is 11.1 Å². The molecule has 0 saturated carbocycles. The maximum absolute atomic E-state index is 10.9. The molecular weight excluding hydrogens is 242 g/mol. The van der Waals surface area contributed by atoms with Gasteiger partial charge in [-0.15, -0.1) is 5.10 Å². The summed E-state index contributed by atoms with van der Waals surface area (Å²) in [6.07, 6.45) is 1.80. The van der Waals surface area contributed by atoms with Gasteiger partial charge in [0.25, 0.3) is 5.69 Å². The highest BCUT2D eigenvalue weighted by atomic mass is 32.2. The summed E-state index contributed by atoms with van der Waals surface area (Å²) >= 11 is 1.32. The van der Waals surface area contributed by atoms with Crippen molar-refractivity contribution >= 4 is 23.4 Å². The van der Waals surface area contributed by atoms with Gasteiger partial charge in [-0.25, -0.2) is 0 Å². The van der Waals surface area contributed by atoms with E-state index in [0.717, 1.165) is 0 Å². The Labute approximate surface area is 101 Å². The molecule has 17 heavy (non-hydrogen) atoms. The summed E-state index contributed by atoms with van der Waals surface area (Å²) < 4.78 is 1.27. The van der Waals surface area contributed by atoms with Crippen LogP contribution in [0.1, 0.15) is 0 Å². The number of para-hydroxylation sites is 2. The molecule has 0 radical (unpaired) electrons. The number of nitro benzene ring substituents is 1. The maximum Gasteiger partial charge on any atom is 0.295 e. The minimum absolute atomic E-state index is 0.0586. The van der Waals surface area contributed by atoms with E-state index in [1.807, 2.05) is 0 Å². The summed E-state index contributed by atoms with van der Waals surface area (Å²) in [5.74, 6) is 0.128. The molecule has 0 atom stereocenters. The zero-order chi connectivity index (χ0) is 12.4. The molecule has 0 unspecified atom stereocenters. The topological polar surface area (TPSA) is 99.9 Å². The molecule has 2 N–H and O–H groups in total. The van der Waals surface area contributed by atoms with Gasteiger partial charge in [-0.2, -0.15) is 9.67 Å². The average Bonchev–Trinajstić information content (AvgIpc) is 2.70. The molecule has 0 spiro atoms. The van der Waals surface area contributed by atoms with Gasteiger partial charge >= 0.3 is 0 Å². The highest BCUT2D eigenvalue weighted by Gasteiger charge is 2.18. The fraction of sp³-hybridized carbons (Fsp3) is 0.111. The molecule has 0 aliphatic carbocycles. The van der Waals surface area contributed by atoms with Crippen molar-refractivity contribution in [1.29, 1.82) is 0 Å². The number of benzene rings is 1. The van der Waals surface area contributed by atoms with Gasteiger partial charge in [0, 0.05) is 6.07 Å². The minimum atomic E-state index is -0.477. The van der Waals surface area contributed by atoms with Crippen molar-refractivity contribution in [1.82, 2.24) is 14.8 Å². The lowest BCUT2D eigenvalue weighted by Crippen LogP contribution is -2.05. The molecule has 0 bridgehead atoms. The second-order valence-corrected chi connectivity index (χ2v) is 3.89. The van der Waals surface area contributed by atoms with Crippen molar-refractivity contribution in [2.75, 3.05) is 12.0 Å².